The number of halogens is 2. The minimum Gasteiger partial charge on any atom is -0.491 e. The van der Waals surface area contributed by atoms with Gasteiger partial charge in [0, 0.05) is 11.0 Å². The van der Waals surface area contributed by atoms with Gasteiger partial charge in [-0.2, -0.15) is 5.10 Å². The Morgan fingerprint density at radius 2 is 2.18 bits per heavy atom. The number of ether oxygens (including phenoxy) is 1. The van der Waals surface area contributed by atoms with Crippen LogP contribution in [0.1, 0.15) is 12.8 Å². The SMILES string of the molecule is O=c1[nH]ncc(N2CCC[C@H]2COc2ccc(Br)cc2)c1Cl. The van der Waals surface area contributed by atoms with Crippen LogP contribution in [0.25, 0.3) is 0 Å². The highest BCUT2D eigenvalue weighted by Gasteiger charge is 2.27. The van der Waals surface area contributed by atoms with Crippen LogP contribution < -0.4 is 15.2 Å². The molecule has 1 aliphatic rings. The molecule has 5 nitrogen and oxygen atoms in total. The number of rotatable bonds is 4. The predicted molar refractivity (Wildman–Crippen MR) is 89.9 cm³/mol. The Balaban J connectivity index is 1.72. The molecule has 0 spiro atoms. The van der Waals surface area contributed by atoms with Crippen molar-refractivity contribution in [3.63, 3.8) is 0 Å². The minimum absolute atomic E-state index is 0.185. The summed E-state index contributed by atoms with van der Waals surface area (Å²) < 4.78 is 6.87. The van der Waals surface area contributed by atoms with Crippen molar-refractivity contribution >= 4 is 33.2 Å². The monoisotopic (exact) mass is 383 g/mol. The molecule has 1 aromatic carbocycles. The van der Waals surface area contributed by atoms with Crippen molar-refractivity contribution in [1.82, 2.24) is 10.2 Å². The third-order valence-electron chi connectivity index (χ3n) is 3.72. The number of anilines is 1. The van der Waals surface area contributed by atoms with Crippen LogP contribution in [-0.2, 0) is 0 Å². The van der Waals surface area contributed by atoms with Crippen molar-refractivity contribution in [2.75, 3.05) is 18.1 Å². The first-order chi connectivity index (χ1) is 10.6. The van der Waals surface area contributed by atoms with E-state index >= 15 is 0 Å². The number of hydrogen-bond donors (Lipinski definition) is 1. The van der Waals surface area contributed by atoms with Crippen molar-refractivity contribution in [1.29, 1.82) is 0 Å². The second-order valence-electron chi connectivity index (χ2n) is 5.15. The fraction of sp³-hybridized carbons (Fsp3) is 0.333. The molecule has 22 heavy (non-hydrogen) atoms. The van der Waals surface area contributed by atoms with Crippen LogP contribution in [0.4, 0.5) is 5.69 Å². The Hall–Kier alpha value is -1.53. The van der Waals surface area contributed by atoms with Gasteiger partial charge in [0.1, 0.15) is 17.4 Å². The molecular weight excluding hydrogens is 370 g/mol. The van der Waals surface area contributed by atoms with Crippen LogP contribution in [0.5, 0.6) is 5.75 Å². The number of aromatic amines is 1. The summed E-state index contributed by atoms with van der Waals surface area (Å²) >= 11 is 9.50. The van der Waals surface area contributed by atoms with Gasteiger partial charge in [-0.1, -0.05) is 27.5 Å². The van der Waals surface area contributed by atoms with E-state index in [1.165, 1.54) is 0 Å². The van der Waals surface area contributed by atoms with Crippen LogP contribution >= 0.6 is 27.5 Å². The Morgan fingerprint density at radius 3 is 2.95 bits per heavy atom. The highest BCUT2D eigenvalue weighted by atomic mass is 79.9. The van der Waals surface area contributed by atoms with E-state index in [-0.39, 0.29) is 16.6 Å². The van der Waals surface area contributed by atoms with Crippen molar-refractivity contribution in [3.05, 3.63) is 50.3 Å². The molecule has 3 rings (SSSR count). The molecule has 0 unspecified atom stereocenters. The predicted octanol–water partition coefficient (Wildman–Crippen LogP) is 3.23. The molecule has 1 aromatic heterocycles. The minimum atomic E-state index is -0.362. The van der Waals surface area contributed by atoms with Crippen LogP contribution in [0.2, 0.25) is 5.02 Å². The van der Waals surface area contributed by atoms with E-state index in [9.17, 15) is 4.79 Å². The van der Waals surface area contributed by atoms with E-state index in [0.29, 0.717) is 12.3 Å². The first kappa shape index (κ1) is 15.4. The van der Waals surface area contributed by atoms with Gasteiger partial charge in [0.25, 0.3) is 5.56 Å². The fourth-order valence-corrected chi connectivity index (χ4v) is 3.09. The summed E-state index contributed by atoms with van der Waals surface area (Å²) in [5.74, 6) is 0.824. The molecule has 2 aromatic rings. The second-order valence-corrected chi connectivity index (χ2v) is 6.45. The molecule has 1 saturated heterocycles. The third kappa shape index (κ3) is 3.28. The Kier molecular flexibility index (Phi) is 4.69. The number of nitrogens with one attached hydrogen (secondary N) is 1. The first-order valence-corrected chi connectivity index (χ1v) is 8.20. The highest BCUT2D eigenvalue weighted by molar-refractivity contribution is 9.10. The summed E-state index contributed by atoms with van der Waals surface area (Å²) in [5.41, 5.74) is 0.311. The zero-order valence-electron chi connectivity index (χ0n) is 11.8. The van der Waals surface area contributed by atoms with Gasteiger partial charge in [-0.15, -0.1) is 0 Å². The maximum absolute atomic E-state index is 11.6. The van der Waals surface area contributed by atoms with Crippen LogP contribution in [0.15, 0.2) is 39.7 Å². The van der Waals surface area contributed by atoms with Gasteiger partial charge in [0.2, 0.25) is 0 Å². The van der Waals surface area contributed by atoms with Crippen molar-refractivity contribution in [2.24, 2.45) is 0 Å². The summed E-state index contributed by atoms with van der Waals surface area (Å²) in [7, 11) is 0. The normalized spacial score (nSPS) is 17.7. The summed E-state index contributed by atoms with van der Waals surface area (Å²) in [4.78, 5) is 13.7. The zero-order chi connectivity index (χ0) is 15.5. The molecule has 0 aliphatic carbocycles. The number of nitrogens with zero attached hydrogens (tertiary/aromatic N) is 2. The maximum Gasteiger partial charge on any atom is 0.285 e. The number of benzene rings is 1. The van der Waals surface area contributed by atoms with Gasteiger partial charge in [0.05, 0.1) is 17.9 Å². The Labute approximate surface area is 141 Å². The van der Waals surface area contributed by atoms with Crippen LogP contribution in [-0.4, -0.2) is 29.4 Å². The second kappa shape index (κ2) is 6.71. The average Bonchev–Trinajstić information content (AvgIpc) is 2.98. The zero-order valence-corrected chi connectivity index (χ0v) is 14.1. The molecule has 1 fully saturated rings. The van der Waals surface area contributed by atoms with Crippen LogP contribution in [0, 0.1) is 0 Å². The average molecular weight is 385 g/mol. The van der Waals surface area contributed by atoms with Crippen molar-refractivity contribution < 1.29 is 4.74 Å². The van der Waals surface area contributed by atoms with Crippen LogP contribution in [0.3, 0.4) is 0 Å². The van der Waals surface area contributed by atoms with E-state index in [4.69, 9.17) is 16.3 Å². The summed E-state index contributed by atoms with van der Waals surface area (Å²) in [5, 5.41) is 6.37. The van der Waals surface area contributed by atoms with Gasteiger partial charge in [-0.3, -0.25) is 4.79 Å². The van der Waals surface area contributed by atoms with E-state index in [0.717, 1.165) is 29.6 Å². The first-order valence-electron chi connectivity index (χ1n) is 7.03. The van der Waals surface area contributed by atoms with Gasteiger partial charge < -0.3 is 9.64 Å². The number of H-pyrrole nitrogens is 1. The van der Waals surface area contributed by atoms with Gasteiger partial charge in [-0.05, 0) is 37.1 Å². The molecule has 1 aliphatic heterocycles. The Bertz CT molecular complexity index is 705. The van der Waals surface area contributed by atoms with E-state index < -0.39 is 0 Å². The Morgan fingerprint density at radius 1 is 1.41 bits per heavy atom. The number of aromatic nitrogens is 2. The molecule has 0 saturated carbocycles. The molecular formula is C15H15BrClN3O2. The fourth-order valence-electron chi connectivity index (χ4n) is 2.62. The summed E-state index contributed by atoms with van der Waals surface area (Å²) in [6, 6.07) is 7.92. The lowest BCUT2D eigenvalue weighted by atomic mass is 10.2. The molecule has 2 heterocycles. The lowest BCUT2D eigenvalue weighted by Crippen LogP contribution is -2.35. The van der Waals surface area contributed by atoms with Gasteiger partial charge >= 0.3 is 0 Å². The molecule has 0 radical (unpaired) electrons. The summed E-state index contributed by atoms with van der Waals surface area (Å²) in [6.07, 6.45) is 3.64. The smallest absolute Gasteiger partial charge is 0.285 e. The standard InChI is InChI=1S/C15H15BrClN3O2/c16-10-3-5-12(6-4-10)22-9-11-2-1-7-20(11)13-8-18-19-15(21)14(13)17/h3-6,8,11H,1-2,7,9H2,(H,19,21)/t11-/m0/s1. The lowest BCUT2D eigenvalue weighted by molar-refractivity contribution is 0.288. The molecule has 0 bridgehead atoms. The molecule has 116 valence electrons. The third-order valence-corrected chi connectivity index (χ3v) is 4.61. The van der Waals surface area contributed by atoms with Crippen molar-refractivity contribution in [2.45, 2.75) is 18.9 Å². The summed E-state index contributed by atoms with van der Waals surface area (Å²) in [6.45, 7) is 1.39. The lowest BCUT2D eigenvalue weighted by Gasteiger charge is -2.26. The maximum atomic E-state index is 11.6. The molecule has 1 N–H and O–H groups in total. The van der Waals surface area contributed by atoms with E-state index in [1.54, 1.807) is 6.20 Å². The molecule has 7 heteroatoms. The quantitative estimate of drug-likeness (QED) is 0.879. The highest BCUT2D eigenvalue weighted by Crippen LogP contribution is 2.29. The van der Waals surface area contributed by atoms with E-state index in [2.05, 4.69) is 31.0 Å². The molecule has 1 atom stereocenters. The van der Waals surface area contributed by atoms with Crippen molar-refractivity contribution in [3.8, 4) is 5.75 Å². The van der Waals surface area contributed by atoms with E-state index in [1.807, 2.05) is 24.3 Å². The van der Waals surface area contributed by atoms with Gasteiger partial charge in [0.15, 0.2) is 0 Å². The van der Waals surface area contributed by atoms with Gasteiger partial charge in [-0.25, -0.2) is 5.10 Å². The topological polar surface area (TPSA) is 58.2 Å². The largest absolute Gasteiger partial charge is 0.491 e. The number of hydrogen-bond acceptors (Lipinski definition) is 4. The molecule has 0 amide bonds.